The lowest BCUT2D eigenvalue weighted by atomic mass is 9.90. The molecule has 1 unspecified atom stereocenters. The summed E-state index contributed by atoms with van der Waals surface area (Å²) in [6.07, 6.45) is -9.65. The van der Waals surface area contributed by atoms with Crippen molar-refractivity contribution < 1.29 is 64.3 Å². The number of esters is 1. The van der Waals surface area contributed by atoms with Gasteiger partial charge < -0.3 is 54.7 Å². The van der Waals surface area contributed by atoms with Crippen LogP contribution in [0.5, 0.6) is 23.0 Å². The van der Waals surface area contributed by atoms with E-state index >= 15 is 0 Å². The minimum Gasteiger partial charge on any atom is -0.508 e. The minimum absolute atomic E-state index is 0.0761. The highest BCUT2D eigenvalue weighted by atomic mass is 16.6. The highest BCUT2D eigenvalue weighted by Gasteiger charge is 2.44. The molecule has 1 aliphatic heterocycles. The van der Waals surface area contributed by atoms with Gasteiger partial charge in [-0.1, -0.05) is 0 Å². The Bertz CT molecular complexity index is 1480. The number of phenolic OH excluding ortho intramolecular Hbond substituents is 4. The predicted molar refractivity (Wildman–Crippen MR) is 128 cm³/mol. The number of hydrogen-bond acceptors (Lipinski definition) is 13. The van der Waals surface area contributed by atoms with Crippen molar-refractivity contribution in [3.8, 4) is 34.3 Å². The largest absolute Gasteiger partial charge is 0.508 e. The van der Waals surface area contributed by atoms with Gasteiger partial charge in [-0.15, -0.1) is 0 Å². The molecule has 0 amide bonds. The highest BCUT2D eigenvalue weighted by molar-refractivity contribution is 5.90. The summed E-state index contributed by atoms with van der Waals surface area (Å²) in [5.41, 5.74) is -1.19. The lowest BCUT2D eigenvalue weighted by Gasteiger charge is -2.40. The molecule has 4 rings (SSSR count). The Hall–Kier alpha value is -4.37. The second-order valence-corrected chi connectivity index (χ2v) is 8.92. The first kappa shape index (κ1) is 27.7. The number of benzene rings is 2. The van der Waals surface area contributed by atoms with Gasteiger partial charge in [0.25, 0.3) is 0 Å². The first-order valence-electron chi connectivity index (χ1n) is 11.5. The van der Waals surface area contributed by atoms with Crippen LogP contribution in [-0.4, -0.2) is 89.9 Å². The maximum Gasteiger partial charge on any atom is 0.317 e. The molecule has 208 valence electrons. The second-order valence-electron chi connectivity index (χ2n) is 8.92. The normalized spacial score (nSPS) is 23.0. The molecule has 1 saturated heterocycles. The summed E-state index contributed by atoms with van der Waals surface area (Å²) in [6, 6.07) is 5.46. The first-order valence-corrected chi connectivity index (χ1v) is 11.5. The fraction of sp³-hybridized carbons (Fsp3) is 0.320. The van der Waals surface area contributed by atoms with Crippen molar-refractivity contribution in [3.05, 3.63) is 46.1 Å². The monoisotopic (exact) mass is 548 g/mol. The zero-order chi connectivity index (χ0) is 28.6. The Morgan fingerprint density at radius 3 is 2.23 bits per heavy atom. The van der Waals surface area contributed by atoms with E-state index in [0.717, 1.165) is 24.3 Å². The van der Waals surface area contributed by atoms with Crippen molar-refractivity contribution in [2.24, 2.45) is 0 Å². The van der Waals surface area contributed by atoms with Gasteiger partial charge in [0.2, 0.25) is 0 Å². The Labute approximate surface area is 218 Å². The summed E-state index contributed by atoms with van der Waals surface area (Å²) in [7, 11) is 0. The Balaban J connectivity index is 1.76. The number of carboxylic acid groups (broad SMARTS) is 1. The number of hydrogen-bond donors (Lipinski definition) is 8. The van der Waals surface area contributed by atoms with Crippen LogP contribution in [0.2, 0.25) is 0 Å². The molecule has 2 aromatic carbocycles. The molecule has 8 N–H and O–H groups in total. The second kappa shape index (κ2) is 10.8. The summed E-state index contributed by atoms with van der Waals surface area (Å²) in [5, 5.41) is 79.5. The summed E-state index contributed by atoms with van der Waals surface area (Å²) in [4.78, 5) is 35.8. The van der Waals surface area contributed by atoms with Crippen LogP contribution in [0.3, 0.4) is 0 Å². The quantitative estimate of drug-likeness (QED) is 0.107. The number of carbonyl (C=O) groups is 2. The van der Waals surface area contributed by atoms with Gasteiger partial charge in [0, 0.05) is 29.7 Å². The van der Waals surface area contributed by atoms with E-state index in [1.807, 2.05) is 0 Å². The highest BCUT2D eigenvalue weighted by Crippen LogP contribution is 2.37. The fourth-order valence-electron chi connectivity index (χ4n) is 4.29. The number of aliphatic hydroxyl groups is 3. The van der Waals surface area contributed by atoms with Crippen molar-refractivity contribution in [2.75, 3.05) is 6.61 Å². The number of aromatic hydroxyl groups is 4. The average molecular weight is 548 g/mol. The van der Waals surface area contributed by atoms with Crippen molar-refractivity contribution in [2.45, 2.75) is 43.4 Å². The van der Waals surface area contributed by atoms with Crippen LogP contribution < -0.4 is 5.43 Å². The van der Waals surface area contributed by atoms with E-state index in [0.29, 0.717) is 0 Å². The molecule has 0 bridgehead atoms. The number of aliphatic carboxylic acids is 1. The molecule has 1 aliphatic rings. The zero-order valence-electron chi connectivity index (χ0n) is 19.9. The van der Waals surface area contributed by atoms with Gasteiger partial charge in [0.1, 0.15) is 65.7 Å². The Kier molecular flexibility index (Phi) is 7.65. The molecular weight excluding hydrogens is 524 g/mol. The Morgan fingerprint density at radius 1 is 0.872 bits per heavy atom. The predicted octanol–water partition coefficient (Wildman–Crippen LogP) is -0.307. The SMILES string of the molecule is O=C(O)CC(=O)OC[C@H]1OC(Cc2c(-c3ccc(O)c(O)c3)oc3cc(O)cc(O)c3c2=O)[C@H](O)[C@@H](O)[C@@H]1O. The molecule has 2 heterocycles. The van der Waals surface area contributed by atoms with E-state index < -0.39 is 90.3 Å². The van der Waals surface area contributed by atoms with Crippen LogP contribution in [0.25, 0.3) is 22.3 Å². The maximum absolute atomic E-state index is 13.5. The van der Waals surface area contributed by atoms with Gasteiger partial charge in [0.05, 0.1) is 6.10 Å². The smallest absolute Gasteiger partial charge is 0.317 e. The van der Waals surface area contributed by atoms with E-state index in [-0.39, 0.29) is 27.9 Å². The summed E-state index contributed by atoms with van der Waals surface area (Å²) >= 11 is 0. The lowest BCUT2D eigenvalue weighted by molar-refractivity contribution is -0.231. The molecule has 5 atom stereocenters. The van der Waals surface area contributed by atoms with Crippen molar-refractivity contribution in [3.63, 3.8) is 0 Å². The van der Waals surface area contributed by atoms with Crippen LogP contribution in [0.4, 0.5) is 0 Å². The van der Waals surface area contributed by atoms with Gasteiger partial charge in [-0.2, -0.15) is 0 Å². The van der Waals surface area contributed by atoms with Gasteiger partial charge >= 0.3 is 11.9 Å². The molecule has 14 nitrogen and oxygen atoms in total. The van der Waals surface area contributed by atoms with E-state index in [4.69, 9.17) is 19.0 Å². The van der Waals surface area contributed by atoms with Crippen LogP contribution in [-0.2, 0) is 25.5 Å². The average Bonchev–Trinajstić information content (AvgIpc) is 2.85. The molecule has 0 radical (unpaired) electrons. The van der Waals surface area contributed by atoms with E-state index in [1.165, 1.54) is 6.07 Å². The fourth-order valence-corrected chi connectivity index (χ4v) is 4.29. The third kappa shape index (κ3) is 5.58. The van der Waals surface area contributed by atoms with Gasteiger partial charge in [-0.05, 0) is 18.2 Å². The van der Waals surface area contributed by atoms with Crippen LogP contribution in [0, 0.1) is 0 Å². The summed E-state index contributed by atoms with van der Waals surface area (Å²) in [5.74, 6) is -4.86. The summed E-state index contributed by atoms with van der Waals surface area (Å²) < 4.78 is 16.2. The molecule has 1 aromatic heterocycles. The minimum atomic E-state index is -1.83. The van der Waals surface area contributed by atoms with Crippen molar-refractivity contribution >= 4 is 22.9 Å². The number of rotatable bonds is 7. The summed E-state index contributed by atoms with van der Waals surface area (Å²) in [6.45, 7) is -0.682. The molecule has 3 aromatic rings. The molecule has 0 saturated carbocycles. The molecule has 0 spiro atoms. The van der Waals surface area contributed by atoms with Crippen LogP contribution in [0.1, 0.15) is 12.0 Å². The van der Waals surface area contributed by atoms with Crippen molar-refractivity contribution in [1.82, 2.24) is 0 Å². The third-order valence-corrected chi connectivity index (χ3v) is 6.21. The third-order valence-electron chi connectivity index (χ3n) is 6.21. The Morgan fingerprint density at radius 2 is 1.56 bits per heavy atom. The maximum atomic E-state index is 13.5. The lowest BCUT2D eigenvalue weighted by Crippen LogP contribution is -2.59. The molecule has 1 fully saturated rings. The topological polar surface area (TPSA) is 245 Å². The van der Waals surface area contributed by atoms with E-state index in [1.54, 1.807) is 0 Å². The molecule has 0 aliphatic carbocycles. The van der Waals surface area contributed by atoms with Crippen LogP contribution in [0.15, 0.2) is 39.5 Å². The molecule has 14 heteroatoms. The van der Waals surface area contributed by atoms with Gasteiger partial charge in [-0.25, -0.2) is 0 Å². The number of fused-ring (bicyclic) bond motifs is 1. The standard InChI is InChI=1S/C25H24O14/c26-10-4-14(29)20-15(5-10)39-25(9-1-2-12(27)13(28)3-9)11(21(20)33)6-16-22(34)24(36)23(35)17(38-16)8-37-19(32)7-18(30)31/h1-5,16-17,22-24,26-29,34-36H,6-8H2,(H,30,31)/t16?,17-,22+,23-,24-/m1/s1. The molecular formula is C25H24O14. The van der Waals surface area contributed by atoms with Crippen LogP contribution >= 0.6 is 0 Å². The number of carboxylic acids is 1. The number of aliphatic hydroxyl groups excluding tert-OH is 3. The number of carbonyl (C=O) groups excluding carboxylic acids is 1. The van der Waals surface area contributed by atoms with E-state index in [2.05, 4.69) is 0 Å². The zero-order valence-corrected chi connectivity index (χ0v) is 19.9. The van der Waals surface area contributed by atoms with Gasteiger partial charge in [-0.3, -0.25) is 14.4 Å². The number of phenols is 4. The van der Waals surface area contributed by atoms with Crippen molar-refractivity contribution in [1.29, 1.82) is 0 Å². The molecule has 39 heavy (non-hydrogen) atoms. The first-order chi connectivity index (χ1) is 18.4. The van der Waals surface area contributed by atoms with Gasteiger partial charge in [0.15, 0.2) is 16.9 Å². The number of ether oxygens (including phenoxy) is 2. The van der Waals surface area contributed by atoms with E-state index in [9.17, 15) is 50.1 Å².